The minimum Gasteiger partial charge on any atom is -0.493 e. The molecule has 5 nitrogen and oxygen atoms in total. The standard InChI is InChI=1S/C21H31N3O2/c1-16(19-4-3-17-7-14-26-20(17)15-19)23-10-12-24(13-11-23)21(25)18-5-8-22(2)9-6-18/h3-4,15-16,18H,5-14H2,1-2H3. The summed E-state index contributed by atoms with van der Waals surface area (Å²) >= 11 is 0. The molecule has 2 saturated heterocycles. The van der Waals surface area contributed by atoms with Crippen molar-refractivity contribution in [3.63, 3.8) is 0 Å². The number of amides is 1. The van der Waals surface area contributed by atoms with Gasteiger partial charge in [-0.15, -0.1) is 0 Å². The van der Waals surface area contributed by atoms with Crippen LogP contribution in [0, 0.1) is 5.92 Å². The predicted octanol–water partition coefficient (Wildman–Crippen LogP) is 2.17. The zero-order valence-corrected chi connectivity index (χ0v) is 16.1. The van der Waals surface area contributed by atoms with Crippen LogP contribution in [-0.2, 0) is 11.2 Å². The second kappa shape index (κ2) is 7.57. The van der Waals surface area contributed by atoms with Crippen molar-refractivity contribution < 1.29 is 9.53 Å². The van der Waals surface area contributed by atoms with E-state index in [0.29, 0.717) is 11.9 Å². The lowest BCUT2D eigenvalue weighted by atomic mass is 9.95. The lowest BCUT2D eigenvalue weighted by Crippen LogP contribution is -2.51. The summed E-state index contributed by atoms with van der Waals surface area (Å²) in [5.74, 6) is 1.69. The highest BCUT2D eigenvalue weighted by atomic mass is 16.5. The van der Waals surface area contributed by atoms with Crippen molar-refractivity contribution in [3.05, 3.63) is 29.3 Å². The quantitative estimate of drug-likeness (QED) is 0.831. The first kappa shape index (κ1) is 17.8. The van der Waals surface area contributed by atoms with Gasteiger partial charge in [0.25, 0.3) is 0 Å². The number of hydrogen-bond acceptors (Lipinski definition) is 4. The molecule has 5 heteroatoms. The number of hydrogen-bond donors (Lipinski definition) is 0. The van der Waals surface area contributed by atoms with Crippen LogP contribution in [0.25, 0.3) is 0 Å². The molecule has 0 aromatic heterocycles. The molecule has 3 aliphatic rings. The van der Waals surface area contributed by atoms with Gasteiger partial charge in [-0.1, -0.05) is 12.1 Å². The first-order chi connectivity index (χ1) is 12.6. The van der Waals surface area contributed by atoms with Gasteiger partial charge < -0.3 is 14.5 Å². The Labute approximate surface area is 156 Å². The van der Waals surface area contributed by atoms with Crippen LogP contribution in [0.2, 0.25) is 0 Å². The number of carbonyl (C=O) groups is 1. The highest BCUT2D eigenvalue weighted by Gasteiger charge is 2.31. The zero-order valence-electron chi connectivity index (χ0n) is 16.1. The van der Waals surface area contributed by atoms with Gasteiger partial charge >= 0.3 is 0 Å². The molecule has 0 saturated carbocycles. The summed E-state index contributed by atoms with van der Waals surface area (Å²) in [6.45, 7) is 8.81. The molecule has 1 aromatic rings. The summed E-state index contributed by atoms with van der Waals surface area (Å²) in [5.41, 5.74) is 2.65. The number of likely N-dealkylation sites (tertiary alicyclic amines) is 1. The molecular weight excluding hydrogens is 326 g/mol. The van der Waals surface area contributed by atoms with E-state index in [9.17, 15) is 4.79 Å². The number of fused-ring (bicyclic) bond motifs is 1. The minimum atomic E-state index is 0.240. The molecule has 142 valence electrons. The molecular formula is C21H31N3O2. The molecule has 4 rings (SSSR count). The summed E-state index contributed by atoms with van der Waals surface area (Å²) in [6, 6.07) is 7.04. The van der Waals surface area contributed by atoms with Crippen LogP contribution in [0.4, 0.5) is 0 Å². The molecule has 1 amide bonds. The van der Waals surface area contributed by atoms with E-state index in [-0.39, 0.29) is 5.92 Å². The minimum absolute atomic E-state index is 0.240. The fourth-order valence-electron chi connectivity index (χ4n) is 4.50. The van der Waals surface area contributed by atoms with Gasteiger partial charge in [0.15, 0.2) is 0 Å². The Balaban J connectivity index is 1.32. The highest BCUT2D eigenvalue weighted by Crippen LogP contribution is 2.31. The van der Waals surface area contributed by atoms with Crippen LogP contribution in [0.1, 0.15) is 36.9 Å². The molecule has 1 aromatic carbocycles. The fourth-order valence-corrected chi connectivity index (χ4v) is 4.50. The zero-order chi connectivity index (χ0) is 18.1. The van der Waals surface area contributed by atoms with Gasteiger partial charge in [-0.3, -0.25) is 9.69 Å². The van der Waals surface area contributed by atoms with Crippen LogP contribution in [0.5, 0.6) is 5.75 Å². The molecule has 3 heterocycles. The molecule has 1 atom stereocenters. The Kier molecular flexibility index (Phi) is 5.18. The smallest absolute Gasteiger partial charge is 0.225 e. The lowest BCUT2D eigenvalue weighted by Gasteiger charge is -2.40. The van der Waals surface area contributed by atoms with E-state index < -0.39 is 0 Å². The Bertz CT molecular complexity index is 647. The Morgan fingerprint density at radius 1 is 1.12 bits per heavy atom. The van der Waals surface area contributed by atoms with Crippen molar-refractivity contribution in [3.8, 4) is 5.75 Å². The number of piperidine rings is 1. The van der Waals surface area contributed by atoms with Crippen molar-refractivity contribution in [2.24, 2.45) is 5.92 Å². The third-order valence-corrected chi connectivity index (χ3v) is 6.44. The van der Waals surface area contributed by atoms with Gasteiger partial charge in [0.05, 0.1) is 6.61 Å². The van der Waals surface area contributed by atoms with Crippen molar-refractivity contribution in [2.75, 3.05) is 52.9 Å². The normalized spacial score (nSPS) is 23.5. The van der Waals surface area contributed by atoms with Crippen LogP contribution >= 0.6 is 0 Å². The topological polar surface area (TPSA) is 36.0 Å². The molecule has 26 heavy (non-hydrogen) atoms. The predicted molar refractivity (Wildman–Crippen MR) is 102 cm³/mol. The summed E-state index contributed by atoms with van der Waals surface area (Å²) in [5, 5.41) is 0. The lowest BCUT2D eigenvalue weighted by molar-refractivity contribution is -0.139. The monoisotopic (exact) mass is 357 g/mol. The average Bonchev–Trinajstić information content (AvgIpc) is 3.15. The van der Waals surface area contributed by atoms with Gasteiger partial charge in [0.1, 0.15) is 5.75 Å². The number of benzene rings is 1. The Morgan fingerprint density at radius 3 is 2.58 bits per heavy atom. The summed E-state index contributed by atoms with van der Waals surface area (Å²) in [7, 11) is 2.14. The van der Waals surface area contributed by atoms with Crippen molar-refractivity contribution in [1.82, 2.24) is 14.7 Å². The Hall–Kier alpha value is -1.59. The van der Waals surface area contributed by atoms with Crippen LogP contribution < -0.4 is 4.74 Å². The largest absolute Gasteiger partial charge is 0.493 e. The van der Waals surface area contributed by atoms with Gasteiger partial charge in [0, 0.05) is 44.6 Å². The second-order valence-electron chi connectivity index (χ2n) is 8.08. The van der Waals surface area contributed by atoms with Crippen LogP contribution in [0.15, 0.2) is 18.2 Å². The number of carbonyl (C=O) groups excluding carboxylic acids is 1. The van der Waals surface area contributed by atoms with Crippen LogP contribution in [0.3, 0.4) is 0 Å². The SMILES string of the molecule is CC(c1ccc2c(c1)OCC2)N1CCN(C(=O)C2CCN(C)CC2)CC1. The first-order valence-electron chi connectivity index (χ1n) is 10.1. The first-order valence-corrected chi connectivity index (χ1v) is 10.1. The van der Waals surface area contributed by atoms with E-state index in [0.717, 1.165) is 70.9 Å². The van der Waals surface area contributed by atoms with Crippen molar-refractivity contribution >= 4 is 5.91 Å². The molecule has 0 bridgehead atoms. The number of ether oxygens (including phenoxy) is 1. The van der Waals surface area contributed by atoms with E-state index in [2.05, 4.69) is 46.9 Å². The summed E-state index contributed by atoms with van der Waals surface area (Å²) in [6.07, 6.45) is 3.06. The number of piperazine rings is 1. The summed E-state index contributed by atoms with van der Waals surface area (Å²) < 4.78 is 5.72. The Morgan fingerprint density at radius 2 is 1.85 bits per heavy atom. The average molecular weight is 357 g/mol. The maximum atomic E-state index is 12.8. The van der Waals surface area contributed by atoms with E-state index >= 15 is 0 Å². The molecule has 3 aliphatic heterocycles. The maximum absolute atomic E-state index is 12.8. The molecule has 1 unspecified atom stereocenters. The molecule has 2 fully saturated rings. The molecule has 0 N–H and O–H groups in total. The molecule has 0 radical (unpaired) electrons. The second-order valence-corrected chi connectivity index (χ2v) is 8.08. The van der Waals surface area contributed by atoms with Crippen molar-refractivity contribution in [2.45, 2.75) is 32.2 Å². The molecule has 0 aliphatic carbocycles. The number of rotatable bonds is 3. The maximum Gasteiger partial charge on any atom is 0.225 e. The van der Waals surface area contributed by atoms with E-state index in [1.165, 1.54) is 11.1 Å². The third kappa shape index (κ3) is 3.60. The number of nitrogens with zero attached hydrogens (tertiary/aromatic N) is 3. The van der Waals surface area contributed by atoms with E-state index in [1.54, 1.807) is 0 Å². The third-order valence-electron chi connectivity index (χ3n) is 6.44. The van der Waals surface area contributed by atoms with Gasteiger partial charge in [-0.25, -0.2) is 0 Å². The highest BCUT2D eigenvalue weighted by molar-refractivity contribution is 5.79. The fraction of sp³-hybridized carbons (Fsp3) is 0.667. The van der Waals surface area contributed by atoms with Gasteiger partial charge in [-0.2, -0.15) is 0 Å². The summed E-state index contributed by atoms with van der Waals surface area (Å²) in [4.78, 5) is 19.7. The van der Waals surface area contributed by atoms with Crippen molar-refractivity contribution in [1.29, 1.82) is 0 Å². The van der Waals surface area contributed by atoms with Crippen LogP contribution in [-0.4, -0.2) is 73.5 Å². The van der Waals surface area contributed by atoms with Gasteiger partial charge in [-0.05, 0) is 57.1 Å². The van der Waals surface area contributed by atoms with E-state index in [1.807, 2.05) is 0 Å². The molecule has 0 spiro atoms. The van der Waals surface area contributed by atoms with Gasteiger partial charge in [0.2, 0.25) is 5.91 Å². The van der Waals surface area contributed by atoms with E-state index in [4.69, 9.17) is 4.74 Å².